The number of halogens is 1. The van der Waals surface area contributed by atoms with Crippen LogP contribution in [0.5, 0.6) is 0 Å². The molecule has 1 heterocycles. The molecule has 1 aromatic rings. The van der Waals surface area contributed by atoms with Gasteiger partial charge >= 0.3 is 0 Å². The van der Waals surface area contributed by atoms with Crippen LogP contribution in [-0.2, 0) is 9.84 Å². The summed E-state index contributed by atoms with van der Waals surface area (Å²) in [6.45, 7) is 1.68. The Hall–Kier alpha value is -1.41. The highest BCUT2D eigenvalue weighted by molar-refractivity contribution is 7.91. The van der Waals surface area contributed by atoms with Gasteiger partial charge in [-0.3, -0.25) is 10.1 Å². The standard InChI is InChI=1S/C9H12ClN3O4S/c1-2-18(16,17)4-3-11-9-6-7(13(14)15)5-8(10)12-9/h5-6H,2-4H2,1H3,(H,11,12). The van der Waals surface area contributed by atoms with Gasteiger partial charge in [0.2, 0.25) is 0 Å². The van der Waals surface area contributed by atoms with Crippen LogP contribution in [0.2, 0.25) is 5.15 Å². The SMILES string of the molecule is CCS(=O)(=O)CCNc1cc([N+](=O)[O-])cc(Cl)n1. The summed E-state index contributed by atoms with van der Waals surface area (Å²) in [5.74, 6) is 0.170. The maximum absolute atomic E-state index is 11.2. The van der Waals surface area contributed by atoms with Gasteiger partial charge in [0, 0.05) is 12.3 Å². The minimum absolute atomic E-state index is 0.0231. The summed E-state index contributed by atoms with van der Waals surface area (Å²) in [6.07, 6.45) is 0. The van der Waals surface area contributed by atoms with E-state index in [-0.39, 0.29) is 34.7 Å². The van der Waals surface area contributed by atoms with Crippen LogP contribution < -0.4 is 5.32 Å². The van der Waals surface area contributed by atoms with Gasteiger partial charge in [-0.1, -0.05) is 18.5 Å². The molecule has 1 aromatic heterocycles. The molecule has 0 amide bonds. The Labute approximate surface area is 109 Å². The van der Waals surface area contributed by atoms with Crippen LogP contribution in [-0.4, -0.2) is 36.4 Å². The Bertz CT molecular complexity index is 547. The summed E-state index contributed by atoms with van der Waals surface area (Å²) in [6, 6.07) is 2.32. The van der Waals surface area contributed by atoms with Crippen LogP contribution in [0.25, 0.3) is 0 Å². The molecule has 1 N–H and O–H groups in total. The molecular weight excluding hydrogens is 282 g/mol. The lowest BCUT2D eigenvalue weighted by molar-refractivity contribution is -0.384. The molecule has 100 valence electrons. The molecule has 0 aliphatic carbocycles. The average molecular weight is 294 g/mol. The van der Waals surface area contributed by atoms with Gasteiger partial charge in [0.25, 0.3) is 5.69 Å². The average Bonchev–Trinajstić information content (AvgIpc) is 2.28. The van der Waals surface area contributed by atoms with Crippen molar-refractivity contribution < 1.29 is 13.3 Å². The van der Waals surface area contributed by atoms with E-state index in [0.717, 1.165) is 6.07 Å². The van der Waals surface area contributed by atoms with Gasteiger partial charge in [-0.05, 0) is 0 Å². The number of nitro groups is 1. The summed E-state index contributed by atoms with van der Waals surface area (Å²) in [4.78, 5) is 13.8. The van der Waals surface area contributed by atoms with Crippen LogP contribution in [0, 0.1) is 10.1 Å². The zero-order chi connectivity index (χ0) is 13.8. The normalized spacial score (nSPS) is 11.2. The molecule has 0 fully saturated rings. The van der Waals surface area contributed by atoms with Crippen molar-refractivity contribution in [2.75, 3.05) is 23.4 Å². The molecule has 0 saturated heterocycles. The molecule has 0 radical (unpaired) electrons. The first-order valence-corrected chi connectivity index (χ1v) is 7.30. The number of hydrogen-bond acceptors (Lipinski definition) is 6. The maximum atomic E-state index is 11.2. The monoisotopic (exact) mass is 293 g/mol. The molecule has 0 aromatic carbocycles. The minimum Gasteiger partial charge on any atom is -0.369 e. The largest absolute Gasteiger partial charge is 0.369 e. The number of pyridine rings is 1. The molecule has 7 nitrogen and oxygen atoms in total. The van der Waals surface area contributed by atoms with E-state index in [0.29, 0.717) is 0 Å². The highest BCUT2D eigenvalue weighted by Gasteiger charge is 2.11. The second kappa shape index (κ2) is 5.96. The van der Waals surface area contributed by atoms with Gasteiger partial charge in [-0.25, -0.2) is 13.4 Å². The van der Waals surface area contributed by atoms with E-state index in [1.165, 1.54) is 6.07 Å². The molecule has 0 atom stereocenters. The quantitative estimate of drug-likeness (QED) is 0.484. The third-order valence-corrected chi connectivity index (χ3v) is 4.05. The van der Waals surface area contributed by atoms with Crippen LogP contribution in [0.15, 0.2) is 12.1 Å². The van der Waals surface area contributed by atoms with Crippen molar-refractivity contribution in [3.63, 3.8) is 0 Å². The smallest absolute Gasteiger partial charge is 0.276 e. The van der Waals surface area contributed by atoms with E-state index >= 15 is 0 Å². The molecule has 18 heavy (non-hydrogen) atoms. The molecule has 0 aliphatic rings. The van der Waals surface area contributed by atoms with Gasteiger partial charge in [-0.15, -0.1) is 0 Å². The van der Waals surface area contributed by atoms with Gasteiger partial charge in [0.15, 0.2) is 9.84 Å². The van der Waals surface area contributed by atoms with Crippen LogP contribution in [0.1, 0.15) is 6.92 Å². The number of hydrogen-bond donors (Lipinski definition) is 1. The van der Waals surface area contributed by atoms with Crippen LogP contribution in [0.3, 0.4) is 0 Å². The summed E-state index contributed by atoms with van der Waals surface area (Å²) < 4.78 is 22.5. The second-order valence-corrected chi connectivity index (χ2v) is 6.31. The van der Waals surface area contributed by atoms with Gasteiger partial charge in [0.1, 0.15) is 11.0 Å². The van der Waals surface area contributed by atoms with Crippen molar-refractivity contribution >= 4 is 32.9 Å². The summed E-state index contributed by atoms with van der Waals surface area (Å²) in [5, 5.41) is 13.2. The molecule has 0 unspecified atom stereocenters. The highest BCUT2D eigenvalue weighted by Crippen LogP contribution is 2.20. The van der Waals surface area contributed by atoms with E-state index in [2.05, 4.69) is 10.3 Å². The Morgan fingerprint density at radius 3 is 2.72 bits per heavy atom. The fourth-order valence-corrected chi connectivity index (χ4v) is 2.06. The highest BCUT2D eigenvalue weighted by atomic mass is 35.5. The van der Waals surface area contributed by atoms with Crippen molar-refractivity contribution in [3.8, 4) is 0 Å². The first kappa shape index (κ1) is 14.7. The van der Waals surface area contributed by atoms with E-state index in [9.17, 15) is 18.5 Å². The number of nitrogens with one attached hydrogen (secondary N) is 1. The molecule has 0 spiro atoms. The fourth-order valence-electron chi connectivity index (χ4n) is 1.16. The Balaban J connectivity index is 2.71. The molecule has 0 saturated carbocycles. The van der Waals surface area contributed by atoms with E-state index in [1.807, 2.05) is 0 Å². The van der Waals surface area contributed by atoms with Crippen LogP contribution in [0.4, 0.5) is 11.5 Å². The van der Waals surface area contributed by atoms with E-state index < -0.39 is 14.8 Å². The van der Waals surface area contributed by atoms with Crippen molar-refractivity contribution in [2.24, 2.45) is 0 Å². The predicted octanol–water partition coefficient (Wildman–Crippen LogP) is 1.49. The Morgan fingerprint density at radius 2 is 2.17 bits per heavy atom. The molecular formula is C9H12ClN3O4S. The van der Waals surface area contributed by atoms with E-state index in [1.54, 1.807) is 6.92 Å². The summed E-state index contributed by atoms with van der Waals surface area (Å²) in [7, 11) is -3.08. The number of rotatable bonds is 6. The molecule has 0 bridgehead atoms. The Morgan fingerprint density at radius 1 is 1.50 bits per heavy atom. The summed E-state index contributed by atoms with van der Waals surface area (Å²) >= 11 is 5.62. The Kier molecular flexibility index (Phi) is 4.85. The zero-order valence-corrected chi connectivity index (χ0v) is 11.2. The lowest BCUT2D eigenvalue weighted by atomic mass is 10.4. The number of aromatic nitrogens is 1. The number of anilines is 1. The first-order chi connectivity index (χ1) is 8.34. The van der Waals surface area contributed by atoms with Crippen LogP contribution >= 0.6 is 11.6 Å². The van der Waals surface area contributed by atoms with Crippen molar-refractivity contribution in [3.05, 3.63) is 27.4 Å². The zero-order valence-electron chi connectivity index (χ0n) is 9.59. The minimum atomic E-state index is -3.08. The van der Waals surface area contributed by atoms with Crippen molar-refractivity contribution in [2.45, 2.75) is 6.92 Å². The molecule has 9 heteroatoms. The second-order valence-electron chi connectivity index (χ2n) is 3.45. The van der Waals surface area contributed by atoms with Crippen molar-refractivity contribution in [1.82, 2.24) is 4.98 Å². The lowest BCUT2D eigenvalue weighted by Crippen LogP contribution is -2.17. The predicted molar refractivity (Wildman–Crippen MR) is 68.7 cm³/mol. The van der Waals surface area contributed by atoms with E-state index in [4.69, 9.17) is 11.6 Å². The lowest BCUT2D eigenvalue weighted by Gasteiger charge is -2.05. The fraction of sp³-hybridized carbons (Fsp3) is 0.444. The topological polar surface area (TPSA) is 102 Å². The van der Waals surface area contributed by atoms with Gasteiger partial charge in [0.05, 0.1) is 22.8 Å². The number of sulfone groups is 1. The number of nitrogens with zero attached hydrogens (tertiary/aromatic N) is 2. The molecule has 1 rings (SSSR count). The molecule has 0 aliphatic heterocycles. The van der Waals surface area contributed by atoms with Gasteiger partial charge in [-0.2, -0.15) is 0 Å². The summed E-state index contributed by atoms with van der Waals surface area (Å²) in [5.41, 5.74) is -0.198. The first-order valence-electron chi connectivity index (χ1n) is 5.10. The third kappa shape index (κ3) is 4.46. The van der Waals surface area contributed by atoms with Crippen molar-refractivity contribution in [1.29, 1.82) is 0 Å². The van der Waals surface area contributed by atoms with Gasteiger partial charge < -0.3 is 5.32 Å². The third-order valence-electron chi connectivity index (χ3n) is 2.15. The maximum Gasteiger partial charge on any atom is 0.276 e.